The van der Waals surface area contributed by atoms with Crippen LogP contribution in [-0.2, 0) is 6.42 Å². The van der Waals surface area contributed by atoms with Crippen LogP contribution in [0.25, 0.3) is 0 Å². The maximum Gasteiger partial charge on any atom is 0.223 e. The molecule has 1 atom stereocenters. The Labute approximate surface area is 99.6 Å². The number of thiophene rings is 1. The zero-order chi connectivity index (χ0) is 11.4. The molecule has 3 nitrogen and oxygen atoms in total. The van der Waals surface area contributed by atoms with Crippen molar-refractivity contribution in [1.29, 1.82) is 0 Å². The number of rotatable bonds is 4. The van der Waals surface area contributed by atoms with Gasteiger partial charge in [0.1, 0.15) is 0 Å². The molecular weight excluding hydrogens is 218 g/mol. The van der Waals surface area contributed by atoms with Gasteiger partial charge in [-0.3, -0.25) is 0 Å². The number of hydrogen-bond donors (Lipinski definition) is 1. The fourth-order valence-electron chi connectivity index (χ4n) is 1.55. The Bertz CT molecular complexity index is 439. The molecule has 16 heavy (non-hydrogen) atoms. The van der Waals surface area contributed by atoms with E-state index in [1.165, 1.54) is 5.56 Å². The second-order valence-electron chi connectivity index (χ2n) is 3.90. The van der Waals surface area contributed by atoms with E-state index in [0.29, 0.717) is 12.0 Å². The number of hydrogen-bond acceptors (Lipinski definition) is 4. The van der Waals surface area contributed by atoms with Gasteiger partial charge in [-0.1, -0.05) is 0 Å². The minimum atomic E-state index is 0.344. The summed E-state index contributed by atoms with van der Waals surface area (Å²) in [6.45, 7) is 4.11. The molecule has 2 aromatic heterocycles. The van der Waals surface area contributed by atoms with Crippen LogP contribution < -0.4 is 5.32 Å². The van der Waals surface area contributed by atoms with E-state index in [0.717, 1.165) is 12.1 Å². The largest absolute Gasteiger partial charge is 0.351 e. The molecule has 0 bridgehead atoms. The van der Waals surface area contributed by atoms with Crippen molar-refractivity contribution in [2.24, 2.45) is 0 Å². The fourth-order valence-corrected chi connectivity index (χ4v) is 2.23. The van der Waals surface area contributed by atoms with E-state index in [-0.39, 0.29) is 0 Å². The van der Waals surface area contributed by atoms with E-state index in [9.17, 15) is 0 Å². The van der Waals surface area contributed by atoms with Crippen molar-refractivity contribution < 1.29 is 0 Å². The number of nitrogens with one attached hydrogen (secondary N) is 1. The molecule has 0 aliphatic carbocycles. The highest BCUT2D eigenvalue weighted by Gasteiger charge is 2.05. The highest BCUT2D eigenvalue weighted by molar-refractivity contribution is 7.07. The van der Waals surface area contributed by atoms with Crippen LogP contribution in [0.2, 0.25) is 0 Å². The summed E-state index contributed by atoms with van der Waals surface area (Å²) in [4.78, 5) is 8.51. The Hall–Kier alpha value is -1.42. The van der Waals surface area contributed by atoms with E-state index >= 15 is 0 Å². The summed E-state index contributed by atoms with van der Waals surface area (Å²) in [5, 5.41) is 7.58. The summed E-state index contributed by atoms with van der Waals surface area (Å²) >= 11 is 1.73. The molecule has 2 rings (SSSR count). The predicted molar refractivity (Wildman–Crippen MR) is 67.9 cm³/mol. The van der Waals surface area contributed by atoms with Gasteiger partial charge in [-0.15, -0.1) is 0 Å². The zero-order valence-corrected chi connectivity index (χ0v) is 10.3. The van der Waals surface area contributed by atoms with Crippen molar-refractivity contribution in [1.82, 2.24) is 9.97 Å². The van der Waals surface area contributed by atoms with Gasteiger partial charge in [0.25, 0.3) is 0 Å². The van der Waals surface area contributed by atoms with Gasteiger partial charge in [0.2, 0.25) is 5.95 Å². The maximum atomic E-state index is 4.32. The summed E-state index contributed by atoms with van der Waals surface area (Å²) in [5.41, 5.74) is 2.35. The minimum Gasteiger partial charge on any atom is -0.351 e. The van der Waals surface area contributed by atoms with Crippen molar-refractivity contribution in [3.8, 4) is 0 Å². The molecule has 4 heteroatoms. The van der Waals surface area contributed by atoms with E-state index in [1.807, 2.05) is 13.0 Å². The Kier molecular flexibility index (Phi) is 3.51. The van der Waals surface area contributed by atoms with Gasteiger partial charge in [0, 0.05) is 17.9 Å². The monoisotopic (exact) mass is 233 g/mol. The van der Waals surface area contributed by atoms with Gasteiger partial charge in [-0.2, -0.15) is 11.3 Å². The molecule has 84 valence electrons. The number of anilines is 1. The minimum absolute atomic E-state index is 0.344. The maximum absolute atomic E-state index is 4.32. The SMILES string of the molecule is Cc1ccnc(NC(C)Cc2ccsc2)n1. The van der Waals surface area contributed by atoms with Crippen LogP contribution in [0.5, 0.6) is 0 Å². The molecule has 0 saturated heterocycles. The van der Waals surface area contributed by atoms with Gasteiger partial charge in [-0.25, -0.2) is 9.97 Å². The molecule has 0 aromatic carbocycles. The molecule has 0 radical (unpaired) electrons. The highest BCUT2D eigenvalue weighted by Crippen LogP contribution is 2.10. The van der Waals surface area contributed by atoms with E-state index in [1.54, 1.807) is 17.5 Å². The summed E-state index contributed by atoms with van der Waals surface area (Å²) in [5.74, 6) is 0.711. The third-order valence-corrected chi connectivity index (χ3v) is 3.02. The Balaban J connectivity index is 1.94. The molecule has 0 saturated carbocycles. The Morgan fingerprint density at radius 2 is 2.31 bits per heavy atom. The van der Waals surface area contributed by atoms with Crippen molar-refractivity contribution in [2.45, 2.75) is 26.3 Å². The lowest BCUT2D eigenvalue weighted by molar-refractivity contribution is 0.778. The first kappa shape index (κ1) is 11.1. The molecule has 0 fully saturated rings. The quantitative estimate of drug-likeness (QED) is 0.882. The predicted octanol–water partition coefficient (Wildman–Crippen LogP) is 2.89. The average Bonchev–Trinajstić information content (AvgIpc) is 2.70. The van der Waals surface area contributed by atoms with Crippen molar-refractivity contribution >= 4 is 17.3 Å². The topological polar surface area (TPSA) is 37.8 Å². The zero-order valence-electron chi connectivity index (χ0n) is 9.47. The van der Waals surface area contributed by atoms with Gasteiger partial charge >= 0.3 is 0 Å². The first-order valence-corrected chi connectivity index (χ1v) is 6.25. The van der Waals surface area contributed by atoms with Gasteiger partial charge in [0.05, 0.1) is 0 Å². The van der Waals surface area contributed by atoms with Crippen LogP contribution >= 0.6 is 11.3 Å². The first-order valence-electron chi connectivity index (χ1n) is 5.31. The average molecular weight is 233 g/mol. The molecule has 2 heterocycles. The number of nitrogens with zero attached hydrogens (tertiary/aromatic N) is 2. The van der Waals surface area contributed by atoms with Crippen molar-refractivity contribution in [3.63, 3.8) is 0 Å². The van der Waals surface area contributed by atoms with Crippen LogP contribution in [0, 0.1) is 6.92 Å². The van der Waals surface area contributed by atoms with Gasteiger partial charge < -0.3 is 5.32 Å². The van der Waals surface area contributed by atoms with Gasteiger partial charge in [0.15, 0.2) is 0 Å². The lowest BCUT2D eigenvalue weighted by atomic mass is 10.1. The molecule has 1 N–H and O–H groups in total. The van der Waals surface area contributed by atoms with E-state index in [2.05, 4.69) is 39.0 Å². The highest BCUT2D eigenvalue weighted by atomic mass is 32.1. The van der Waals surface area contributed by atoms with Crippen molar-refractivity contribution in [3.05, 3.63) is 40.3 Å². The van der Waals surface area contributed by atoms with Crippen LogP contribution in [0.4, 0.5) is 5.95 Å². The second kappa shape index (κ2) is 5.07. The van der Waals surface area contributed by atoms with Crippen LogP contribution in [0.1, 0.15) is 18.2 Å². The third-order valence-electron chi connectivity index (χ3n) is 2.29. The summed E-state index contributed by atoms with van der Waals surface area (Å²) in [6, 6.07) is 4.39. The molecular formula is C12H15N3S. The molecule has 2 aromatic rings. The molecule has 0 aliphatic heterocycles. The second-order valence-corrected chi connectivity index (χ2v) is 4.68. The summed E-state index contributed by atoms with van der Waals surface area (Å²) in [7, 11) is 0. The first-order chi connectivity index (χ1) is 7.74. The van der Waals surface area contributed by atoms with Crippen LogP contribution in [0.15, 0.2) is 29.1 Å². The number of aryl methyl sites for hydroxylation is 1. The van der Waals surface area contributed by atoms with Gasteiger partial charge in [-0.05, 0) is 48.7 Å². The molecule has 1 unspecified atom stereocenters. The standard InChI is InChI=1S/C12H15N3S/c1-9-3-5-13-12(14-9)15-10(2)7-11-4-6-16-8-11/h3-6,8,10H,7H2,1-2H3,(H,13,14,15). The normalized spacial score (nSPS) is 12.4. The Morgan fingerprint density at radius 3 is 3.00 bits per heavy atom. The summed E-state index contributed by atoms with van der Waals surface area (Å²) in [6.07, 6.45) is 2.78. The van der Waals surface area contributed by atoms with Crippen LogP contribution in [0.3, 0.4) is 0 Å². The molecule has 0 spiro atoms. The van der Waals surface area contributed by atoms with Crippen LogP contribution in [-0.4, -0.2) is 16.0 Å². The molecule has 0 aliphatic rings. The fraction of sp³-hybridized carbons (Fsp3) is 0.333. The lowest BCUT2D eigenvalue weighted by Gasteiger charge is -2.12. The summed E-state index contributed by atoms with van der Waals surface area (Å²) < 4.78 is 0. The lowest BCUT2D eigenvalue weighted by Crippen LogP contribution is -2.19. The smallest absolute Gasteiger partial charge is 0.223 e. The third kappa shape index (κ3) is 3.03. The van der Waals surface area contributed by atoms with Crippen molar-refractivity contribution in [2.75, 3.05) is 5.32 Å². The van der Waals surface area contributed by atoms with E-state index < -0.39 is 0 Å². The number of aromatic nitrogens is 2. The molecule has 0 amide bonds. The van der Waals surface area contributed by atoms with E-state index in [4.69, 9.17) is 0 Å². The Morgan fingerprint density at radius 1 is 1.44 bits per heavy atom.